The third kappa shape index (κ3) is 3.03. The van der Waals surface area contributed by atoms with Crippen LogP contribution in [0.3, 0.4) is 0 Å². The molecule has 6 heteroatoms. The Kier molecular flexibility index (Phi) is 4.32. The predicted molar refractivity (Wildman–Crippen MR) is 99.3 cm³/mol. The fourth-order valence-corrected chi connectivity index (χ4v) is 3.35. The number of methoxy groups -OCH3 is 1. The van der Waals surface area contributed by atoms with Gasteiger partial charge in [0.05, 0.1) is 7.11 Å². The van der Waals surface area contributed by atoms with Crippen molar-refractivity contribution < 1.29 is 9.53 Å². The van der Waals surface area contributed by atoms with E-state index in [1.165, 1.54) is 0 Å². The molecule has 134 valence electrons. The van der Waals surface area contributed by atoms with Crippen molar-refractivity contribution in [2.75, 3.05) is 20.2 Å². The summed E-state index contributed by atoms with van der Waals surface area (Å²) in [5, 5.41) is 0. The fourth-order valence-electron chi connectivity index (χ4n) is 3.35. The molecule has 1 aliphatic heterocycles. The molecular weight excluding hydrogens is 328 g/mol. The molecule has 4 rings (SSSR count). The number of carbonyl (C=O) groups is 1. The average Bonchev–Trinajstić information content (AvgIpc) is 3.12. The zero-order valence-electron chi connectivity index (χ0n) is 15.1. The van der Waals surface area contributed by atoms with Crippen LogP contribution in [-0.2, 0) is 0 Å². The van der Waals surface area contributed by atoms with E-state index in [1.807, 2.05) is 39.8 Å². The van der Waals surface area contributed by atoms with E-state index in [4.69, 9.17) is 4.74 Å². The first-order valence-corrected chi connectivity index (χ1v) is 8.93. The molecule has 1 fully saturated rings. The number of aromatic nitrogens is 3. The van der Waals surface area contributed by atoms with Gasteiger partial charge in [-0.3, -0.25) is 9.78 Å². The molecule has 6 nitrogen and oxygen atoms in total. The van der Waals surface area contributed by atoms with E-state index >= 15 is 0 Å². The summed E-state index contributed by atoms with van der Waals surface area (Å²) < 4.78 is 7.08. The van der Waals surface area contributed by atoms with Gasteiger partial charge in [0.15, 0.2) is 5.65 Å². The standard InChI is InChI=1S/C20H22N4O2/c1-14-7-10-23(11-8-14)20(25)17-13-24-12-9-21-18(19(24)22-17)15-3-5-16(26-2)6-4-15/h3-6,9,12-14H,7-8,10-11H2,1-2H3. The molecule has 0 saturated carbocycles. The smallest absolute Gasteiger partial charge is 0.274 e. The molecule has 2 aromatic heterocycles. The number of ether oxygens (including phenoxy) is 1. The van der Waals surface area contributed by atoms with Crippen molar-refractivity contribution in [2.24, 2.45) is 5.92 Å². The number of nitrogens with zero attached hydrogens (tertiary/aromatic N) is 4. The lowest BCUT2D eigenvalue weighted by Crippen LogP contribution is -2.38. The molecule has 3 aromatic rings. The number of imidazole rings is 1. The first-order valence-electron chi connectivity index (χ1n) is 8.93. The summed E-state index contributed by atoms with van der Waals surface area (Å²) in [6.45, 7) is 3.84. The van der Waals surface area contributed by atoms with E-state index in [0.29, 0.717) is 17.3 Å². The second-order valence-electron chi connectivity index (χ2n) is 6.84. The van der Waals surface area contributed by atoms with E-state index in [-0.39, 0.29) is 5.91 Å². The van der Waals surface area contributed by atoms with Crippen molar-refractivity contribution >= 4 is 11.6 Å². The Bertz CT molecular complexity index is 925. The number of amides is 1. The minimum absolute atomic E-state index is 0.00119. The maximum Gasteiger partial charge on any atom is 0.274 e. The Morgan fingerprint density at radius 1 is 1.19 bits per heavy atom. The van der Waals surface area contributed by atoms with Crippen LogP contribution in [0.25, 0.3) is 16.9 Å². The minimum Gasteiger partial charge on any atom is -0.497 e. The largest absolute Gasteiger partial charge is 0.497 e. The number of hydrogen-bond donors (Lipinski definition) is 0. The predicted octanol–water partition coefficient (Wildman–Crippen LogP) is 3.28. The van der Waals surface area contributed by atoms with Gasteiger partial charge in [0, 0.05) is 37.2 Å². The van der Waals surface area contributed by atoms with Crippen LogP contribution >= 0.6 is 0 Å². The van der Waals surface area contributed by atoms with Crippen molar-refractivity contribution in [3.8, 4) is 17.0 Å². The van der Waals surface area contributed by atoms with Gasteiger partial charge in [-0.2, -0.15) is 0 Å². The van der Waals surface area contributed by atoms with Crippen LogP contribution in [0.15, 0.2) is 42.9 Å². The van der Waals surface area contributed by atoms with E-state index in [9.17, 15) is 4.79 Å². The summed E-state index contributed by atoms with van der Waals surface area (Å²) in [4.78, 5) is 23.8. The van der Waals surface area contributed by atoms with Crippen molar-refractivity contribution in [3.05, 3.63) is 48.5 Å². The lowest BCUT2D eigenvalue weighted by molar-refractivity contribution is 0.0692. The van der Waals surface area contributed by atoms with Crippen LogP contribution in [0.1, 0.15) is 30.3 Å². The normalized spacial score (nSPS) is 15.4. The number of hydrogen-bond acceptors (Lipinski definition) is 4. The zero-order chi connectivity index (χ0) is 18.1. The monoisotopic (exact) mass is 350 g/mol. The Morgan fingerprint density at radius 2 is 1.92 bits per heavy atom. The second kappa shape index (κ2) is 6.78. The summed E-state index contributed by atoms with van der Waals surface area (Å²) in [6, 6.07) is 7.68. The van der Waals surface area contributed by atoms with Crippen LogP contribution in [0.4, 0.5) is 0 Å². The summed E-state index contributed by atoms with van der Waals surface area (Å²) in [7, 11) is 1.64. The quantitative estimate of drug-likeness (QED) is 0.727. The van der Waals surface area contributed by atoms with Gasteiger partial charge in [-0.25, -0.2) is 4.98 Å². The molecule has 26 heavy (non-hydrogen) atoms. The van der Waals surface area contributed by atoms with E-state index < -0.39 is 0 Å². The molecule has 0 spiro atoms. The number of rotatable bonds is 3. The molecule has 1 aromatic carbocycles. The van der Waals surface area contributed by atoms with E-state index in [0.717, 1.165) is 42.9 Å². The number of fused-ring (bicyclic) bond motifs is 1. The lowest BCUT2D eigenvalue weighted by Gasteiger charge is -2.29. The molecule has 1 amide bonds. The van der Waals surface area contributed by atoms with Gasteiger partial charge in [-0.15, -0.1) is 0 Å². The van der Waals surface area contributed by atoms with Gasteiger partial charge in [-0.05, 0) is 43.0 Å². The molecule has 0 unspecified atom stereocenters. The Balaban J connectivity index is 1.67. The maximum absolute atomic E-state index is 12.8. The highest BCUT2D eigenvalue weighted by molar-refractivity contribution is 5.93. The van der Waals surface area contributed by atoms with Gasteiger partial charge < -0.3 is 14.0 Å². The Hall–Kier alpha value is -2.89. The number of benzene rings is 1. The Labute approximate surface area is 152 Å². The van der Waals surface area contributed by atoms with Crippen LogP contribution < -0.4 is 4.74 Å². The Morgan fingerprint density at radius 3 is 2.62 bits per heavy atom. The van der Waals surface area contributed by atoms with E-state index in [1.54, 1.807) is 19.5 Å². The molecule has 1 saturated heterocycles. The van der Waals surface area contributed by atoms with Crippen LogP contribution in [0.2, 0.25) is 0 Å². The molecule has 0 radical (unpaired) electrons. The highest BCUT2D eigenvalue weighted by Gasteiger charge is 2.24. The van der Waals surface area contributed by atoms with Crippen molar-refractivity contribution in [2.45, 2.75) is 19.8 Å². The van der Waals surface area contributed by atoms with Gasteiger partial charge in [0.1, 0.15) is 17.1 Å². The zero-order valence-corrected chi connectivity index (χ0v) is 15.1. The van der Waals surface area contributed by atoms with E-state index in [2.05, 4.69) is 16.9 Å². The fraction of sp³-hybridized carbons (Fsp3) is 0.350. The SMILES string of the molecule is COc1ccc(-c2nccn3cc(C(=O)N4CCC(C)CC4)nc23)cc1. The molecule has 0 N–H and O–H groups in total. The minimum atomic E-state index is 0.00119. The molecule has 0 aliphatic carbocycles. The lowest BCUT2D eigenvalue weighted by atomic mass is 9.99. The number of carbonyl (C=O) groups excluding carboxylic acids is 1. The van der Waals surface area contributed by atoms with Gasteiger partial charge in [-0.1, -0.05) is 6.92 Å². The topological polar surface area (TPSA) is 59.7 Å². The summed E-state index contributed by atoms with van der Waals surface area (Å²) in [5.74, 6) is 1.48. The molecule has 1 aliphatic rings. The third-order valence-electron chi connectivity index (χ3n) is 5.03. The summed E-state index contributed by atoms with van der Waals surface area (Å²) in [5.41, 5.74) is 2.85. The summed E-state index contributed by atoms with van der Waals surface area (Å²) >= 11 is 0. The second-order valence-corrected chi connectivity index (χ2v) is 6.84. The molecular formula is C20H22N4O2. The molecule has 3 heterocycles. The van der Waals surface area contributed by atoms with Gasteiger partial charge in [0.25, 0.3) is 5.91 Å². The van der Waals surface area contributed by atoms with Gasteiger partial charge in [0.2, 0.25) is 0 Å². The number of likely N-dealkylation sites (tertiary alicyclic amines) is 1. The van der Waals surface area contributed by atoms with Crippen LogP contribution in [-0.4, -0.2) is 45.4 Å². The van der Waals surface area contributed by atoms with Crippen LogP contribution in [0, 0.1) is 5.92 Å². The third-order valence-corrected chi connectivity index (χ3v) is 5.03. The summed E-state index contributed by atoms with van der Waals surface area (Å²) in [6.07, 6.45) is 7.45. The molecule has 0 atom stereocenters. The first kappa shape index (κ1) is 16.6. The van der Waals surface area contributed by atoms with Crippen LogP contribution in [0.5, 0.6) is 5.75 Å². The van der Waals surface area contributed by atoms with Crippen molar-refractivity contribution in [3.63, 3.8) is 0 Å². The first-order chi connectivity index (χ1) is 12.7. The average molecular weight is 350 g/mol. The van der Waals surface area contributed by atoms with Crippen molar-refractivity contribution in [1.82, 2.24) is 19.3 Å². The molecule has 0 bridgehead atoms. The maximum atomic E-state index is 12.8. The van der Waals surface area contributed by atoms with Gasteiger partial charge >= 0.3 is 0 Å². The van der Waals surface area contributed by atoms with Crippen molar-refractivity contribution in [1.29, 1.82) is 0 Å². The number of piperidine rings is 1. The highest BCUT2D eigenvalue weighted by atomic mass is 16.5. The highest BCUT2D eigenvalue weighted by Crippen LogP contribution is 2.25.